The molecule has 5 rings (SSSR count). The second-order valence-electron chi connectivity index (χ2n) is 9.09. The van der Waals surface area contributed by atoms with Gasteiger partial charge in [-0.1, -0.05) is 66.7 Å². The average Bonchev–Trinajstić information content (AvgIpc) is 3.36. The molecule has 2 aromatic carbocycles. The fraction of sp³-hybridized carbons (Fsp3) is 0.370. The van der Waals surface area contributed by atoms with Gasteiger partial charge in [-0.25, -0.2) is 0 Å². The number of amides is 1. The lowest BCUT2D eigenvalue weighted by atomic mass is 9.70. The predicted molar refractivity (Wildman–Crippen MR) is 123 cm³/mol. The van der Waals surface area contributed by atoms with E-state index in [0.717, 1.165) is 22.3 Å². The number of β-lactam (4-membered cyclic amide) rings is 1. The van der Waals surface area contributed by atoms with Crippen LogP contribution in [0.15, 0.2) is 78.9 Å². The van der Waals surface area contributed by atoms with Crippen molar-refractivity contribution in [2.45, 2.75) is 50.3 Å². The molecule has 2 fully saturated rings. The molecule has 3 aliphatic rings. The van der Waals surface area contributed by atoms with Crippen LogP contribution in [0.1, 0.15) is 31.4 Å². The van der Waals surface area contributed by atoms with Crippen LogP contribution in [0.5, 0.6) is 0 Å². The van der Waals surface area contributed by atoms with Crippen molar-refractivity contribution in [2.24, 2.45) is 0 Å². The van der Waals surface area contributed by atoms with Crippen molar-refractivity contribution in [1.82, 2.24) is 4.90 Å². The molecule has 2 aromatic rings. The molecule has 0 bridgehead atoms. The van der Waals surface area contributed by atoms with E-state index in [4.69, 9.17) is 14.2 Å². The number of nitrogens with zero attached hydrogens (tertiary/aromatic N) is 1. The van der Waals surface area contributed by atoms with E-state index in [1.54, 1.807) is 0 Å². The van der Waals surface area contributed by atoms with E-state index in [1.807, 2.05) is 73.4 Å². The van der Waals surface area contributed by atoms with Crippen molar-refractivity contribution in [1.29, 1.82) is 0 Å². The zero-order valence-corrected chi connectivity index (χ0v) is 18.6. The van der Waals surface area contributed by atoms with Crippen LogP contribution in [-0.2, 0) is 25.5 Å². The third kappa shape index (κ3) is 3.32. The van der Waals surface area contributed by atoms with Gasteiger partial charge < -0.3 is 19.1 Å². The van der Waals surface area contributed by atoms with E-state index >= 15 is 0 Å². The lowest BCUT2D eigenvalue weighted by Gasteiger charge is -2.56. The van der Waals surface area contributed by atoms with E-state index < -0.39 is 11.4 Å². The Morgan fingerprint density at radius 2 is 1.75 bits per heavy atom. The van der Waals surface area contributed by atoms with Crippen LogP contribution in [0, 0.1) is 0 Å². The van der Waals surface area contributed by atoms with Crippen molar-refractivity contribution in [2.75, 3.05) is 13.2 Å². The molecule has 0 radical (unpaired) electrons. The summed E-state index contributed by atoms with van der Waals surface area (Å²) in [6, 6.07) is 19.8. The SMILES string of the molecule is C=CCC1=C(c2ccccc2)[C@]2(OC1)C(=O)N(Cc1ccccc1)[C@H]2[C@H]1COC(C)(C)O1. The highest BCUT2D eigenvalue weighted by atomic mass is 16.7. The van der Waals surface area contributed by atoms with Crippen molar-refractivity contribution >= 4 is 11.5 Å². The summed E-state index contributed by atoms with van der Waals surface area (Å²) >= 11 is 0. The molecule has 3 aliphatic heterocycles. The molecule has 2 saturated heterocycles. The van der Waals surface area contributed by atoms with Gasteiger partial charge in [0.1, 0.15) is 12.1 Å². The second-order valence-corrected chi connectivity index (χ2v) is 9.09. The number of benzene rings is 2. The molecule has 1 spiro atoms. The molecule has 0 saturated carbocycles. The lowest BCUT2D eigenvalue weighted by molar-refractivity contribution is -0.209. The maximum absolute atomic E-state index is 13.9. The Morgan fingerprint density at radius 3 is 2.38 bits per heavy atom. The molecule has 3 atom stereocenters. The van der Waals surface area contributed by atoms with Gasteiger partial charge >= 0.3 is 0 Å². The van der Waals surface area contributed by atoms with Gasteiger partial charge in [-0.3, -0.25) is 4.79 Å². The minimum Gasteiger partial charge on any atom is -0.354 e. The monoisotopic (exact) mass is 431 g/mol. The molecule has 0 N–H and O–H groups in total. The van der Waals surface area contributed by atoms with Gasteiger partial charge in [-0.2, -0.15) is 0 Å². The summed E-state index contributed by atoms with van der Waals surface area (Å²) in [5.74, 6) is -0.709. The highest BCUT2D eigenvalue weighted by Crippen LogP contribution is 2.53. The Balaban J connectivity index is 1.59. The van der Waals surface area contributed by atoms with Gasteiger partial charge in [-0.15, -0.1) is 6.58 Å². The van der Waals surface area contributed by atoms with Crippen molar-refractivity contribution in [3.63, 3.8) is 0 Å². The topological polar surface area (TPSA) is 48.0 Å². The summed E-state index contributed by atoms with van der Waals surface area (Å²) in [5.41, 5.74) is 3.09. The van der Waals surface area contributed by atoms with Gasteiger partial charge in [0.15, 0.2) is 11.4 Å². The standard InChI is InChI=1S/C27H29NO4/c1-4-11-21-17-31-27(23(21)20-14-9-6-10-15-20)24(22-18-30-26(2,3)32-22)28(25(27)29)16-19-12-7-5-8-13-19/h4-10,12-15,22,24H,1,11,16-18H2,2-3H3/t22-,24+,27-/m1/s1. The number of ether oxygens (including phenoxy) is 3. The Bertz CT molecular complexity index is 1050. The first-order valence-electron chi connectivity index (χ1n) is 11.2. The summed E-state index contributed by atoms with van der Waals surface area (Å²) in [5, 5.41) is 0. The minimum atomic E-state index is -1.07. The quantitative estimate of drug-likeness (QED) is 0.504. The first-order chi connectivity index (χ1) is 15.5. The first-order valence-corrected chi connectivity index (χ1v) is 11.2. The van der Waals surface area contributed by atoms with Gasteiger partial charge in [0.2, 0.25) is 0 Å². The van der Waals surface area contributed by atoms with Crippen molar-refractivity contribution < 1.29 is 19.0 Å². The van der Waals surface area contributed by atoms with Gasteiger partial charge in [0, 0.05) is 12.1 Å². The highest BCUT2D eigenvalue weighted by Gasteiger charge is 2.70. The zero-order valence-electron chi connectivity index (χ0n) is 18.6. The third-order valence-corrected chi connectivity index (χ3v) is 6.56. The molecule has 0 aromatic heterocycles. The van der Waals surface area contributed by atoms with Crippen LogP contribution in [0.25, 0.3) is 5.57 Å². The summed E-state index contributed by atoms with van der Waals surface area (Å²) in [6.07, 6.45) is 2.27. The number of hydrogen-bond donors (Lipinski definition) is 0. The Labute approximate surface area is 189 Å². The number of hydrogen-bond acceptors (Lipinski definition) is 4. The summed E-state index contributed by atoms with van der Waals surface area (Å²) in [6.45, 7) is 9.08. The van der Waals surface area contributed by atoms with E-state index in [2.05, 4.69) is 18.7 Å². The smallest absolute Gasteiger partial charge is 0.262 e. The van der Waals surface area contributed by atoms with Crippen LogP contribution >= 0.6 is 0 Å². The predicted octanol–water partition coefficient (Wildman–Crippen LogP) is 4.35. The van der Waals surface area contributed by atoms with Crippen LogP contribution < -0.4 is 0 Å². The number of likely N-dealkylation sites (tertiary alicyclic amines) is 1. The Hall–Kier alpha value is -2.73. The highest BCUT2D eigenvalue weighted by molar-refractivity contribution is 6.08. The van der Waals surface area contributed by atoms with Crippen molar-refractivity contribution in [3.8, 4) is 0 Å². The van der Waals surface area contributed by atoms with E-state index in [-0.39, 0.29) is 18.1 Å². The molecule has 5 nitrogen and oxygen atoms in total. The largest absolute Gasteiger partial charge is 0.354 e. The fourth-order valence-corrected chi connectivity index (χ4v) is 5.27. The number of carbonyl (C=O) groups is 1. The van der Waals surface area contributed by atoms with Gasteiger partial charge in [-0.05, 0) is 37.0 Å². The Kier molecular flexibility index (Phi) is 5.28. The molecular formula is C27H29NO4. The number of carbonyl (C=O) groups excluding carboxylic acids is 1. The molecule has 1 amide bonds. The summed E-state index contributed by atoms with van der Waals surface area (Å²) in [7, 11) is 0. The fourth-order valence-electron chi connectivity index (χ4n) is 5.27. The van der Waals surface area contributed by atoms with E-state index in [0.29, 0.717) is 26.2 Å². The molecule has 3 heterocycles. The number of rotatable bonds is 6. The minimum absolute atomic E-state index is 0.0161. The van der Waals surface area contributed by atoms with Crippen LogP contribution in [0.4, 0.5) is 0 Å². The summed E-state index contributed by atoms with van der Waals surface area (Å²) in [4.78, 5) is 15.8. The van der Waals surface area contributed by atoms with Crippen LogP contribution in [0.3, 0.4) is 0 Å². The first kappa shape index (κ1) is 21.1. The maximum atomic E-state index is 13.9. The van der Waals surface area contributed by atoms with E-state index in [1.165, 1.54) is 0 Å². The van der Waals surface area contributed by atoms with Gasteiger partial charge in [0.25, 0.3) is 5.91 Å². The van der Waals surface area contributed by atoms with Crippen LogP contribution in [-0.4, -0.2) is 47.6 Å². The second kappa shape index (κ2) is 8.00. The van der Waals surface area contributed by atoms with Gasteiger partial charge in [0.05, 0.1) is 13.2 Å². The molecule has 0 aliphatic carbocycles. The average molecular weight is 432 g/mol. The maximum Gasteiger partial charge on any atom is 0.262 e. The number of allylic oxidation sites excluding steroid dienone is 1. The molecule has 166 valence electrons. The normalized spacial score (nSPS) is 28.9. The molecular weight excluding hydrogens is 402 g/mol. The van der Waals surface area contributed by atoms with Crippen LogP contribution in [0.2, 0.25) is 0 Å². The lowest BCUT2D eigenvalue weighted by Crippen LogP contribution is -2.77. The zero-order chi connectivity index (χ0) is 22.3. The Morgan fingerprint density at radius 1 is 1.06 bits per heavy atom. The summed E-state index contributed by atoms with van der Waals surface area (Å²) < 4.78 is 18.6. The molecule has 32 heavy (non-hydrogen) atoms. The van der Waals surface area contributed by atoms with E-state index in [9.17, 15) is 4.79 Å². The molecule has 0 unspecified atom stereocenters. The van der Waals surface area contributed by atoms with Crippen molar-refractivity contribution in [3.05, 3.63) is 90.0 Å². The molecule has 5 heteroatoms. The third-order valence-electron chi connectivity index (χ3n) is 6.56.